The van der Waals surface area contributed by atoms with E-state index in [0.29, 0.717) is 64.3 Å². The fourth-order valence-electron chi connectivity index (χ4n) is 5.11. The molecule has 36 heavy (non-hydrogen) atoms. The number of hydrogen-bond donors (Lipinski definition) is 0. The number of carbonyl (C=O) groups is 1. The van der Waals surface area contributed by atoms with Crippen molar-refractivity contribution in [2.75, 3.05) is 14.2 Å². The molecule has 6 rings (SSSR count). The largest absolute Gasteiger partial charge is 0.493 e. The van der Waals surface area contributed by atoms with Crippen LogP contribution in [0, 0.1) is 5.41 Å². The van der Waals surface area contributed by atoms with Crippen LogP contribution < -0.4 is 14.2 Å². The summed E-state index contributed by atoms with van der Waals surface area (Å²) in [5.74, 6) is 2.32. The Morgan fingerprint density at radius 1 is 1.06 bits per heavy atom. The second kappa shape index (κ2) is 8.15. The van der Waals surface area contributed by atoms with Crippen molar-refractivity contribution in [3.63, 3.8) is 0 Å². The fourth-order valence-corrected chi connectivity index (χ4v) is 5.11. The van der Waals surface area contributed by atoms with Gasteiger partial charge in [-0.1, -0.05) is 26.0 Å². The molecule has 1 aliphatic carbocycles. The summed E-state index contributed by atoms with van der Waals surface area (Å²) < 4.78 is 19.0. The van der Waals surface area contributed by atoms with E-state index in [9.17, 15) is 4.79 Å². The second-order valence-electron chi connectivity index (χ2n) is 9.81. The number of benzene rings is 1. The number of ketones is 1. The summed E-state index contributed by atoms with van der Waals surface area (Å²) in [6.07, 6.45) is 4.34. The molecule has 2 aliphatic rings. The first-order valence-corrected chi connectivity index (χ1v) is 11.7. The number of ether oxygens (including phenoxy) is 3. The molecule has 0 N–H and O–H groups in total. The Kier molecular flexibility index (Phi) is 5.03. The third-order valence-electron chi connectivity index (χ3n) is 6.70. The van der Waals surface area contributed by atoms with Crippen LogP contribution in [0.4, 0.5) is 0 Å². The van der Waals surface area contributed by atoms with E-state index < -0.39 is 5.92 Å². The summed E-state index contributed by atoms with van der Waals surface area (Å²) in [4.78, 5) is 27.4. The van der Waals surface area contributed by atoms with E-state index in [1.54, 1.807) is 31.3 Å². The third-order valence-corrected chi connectivity index (χ3v) is 6.70. The van der Waals surface area contributed by atoms with Crippen LogP contribution in [0.1, 0.15) is 43.7 Å². The molecule has 0 spiro atoms. The highest BCUT2D eigenvalue weighted by Crippen LogP contribution is 2.51. The summed E-state index contributed by atoms with van der Waals surface area (Å²) in [5.41, 5.74) is 3.17. The maximum absolute atomic E-state index is 13.6. The lowest BCUT2D eigenvalue weighted by atomic mass is 9.70. The van der Waals surface area contributed by atoms with Crippen LogP contribution >= 0.6 is 0 Å². The second-order valence-corrected chi connectivity index (χ2v) is 9.81. The van der Waals surface area contributed by atoms with Crippen LogP contribution in [0.3, 0.4) is 0 Å². The molecular weight excluding hydrogens is 458 g/mol. The van der Waals surface area contributed by atoms with Crippen molar-refractivity contribution in [1.29, 1.82) is 0 Å². The van der Waals surface area contributed by atoms with Gasteiger partial charge in [0.2, 0.25) is 11.7 Å². The molecule has 0 bridgehead atoms. The van der Waals surface area contributed by atoms with E-state index >= 15 is 0 Å². The quantitative estimate of drug-likeness (QED) is 0.422. The van der Waals surface area contributed by atoms with Gasteiger partial charge in [-0.3, -0.25) is 9.78 Å². The molecule has 1 atom stereocenters. The molecule has 9 nitrogen and oxygen atoms in total. The number of rotatable bonds is 4. The Morgan fingerprint density at radius 2 is 1.89 bits per heavy atom. The first-order chi connectivity index (χ1) is 17.4. The summed E-state index contributed by atoms with van der Waals surface area (Å²) in [6, 6.07) is 11.3. The Morgan fingerprint density at radius 3 is 2.64 bits per heavy atom. The third kappa shape index (κ3) is 3.50. The van der Waals surface area contributed by atoms with Crippen molar-refractivity contribution in [2.24, 2.45) is 5.41 Å². The van der Waals surface area contributed by atoms with Crippen LogP contribution in [0.2, 0.25) is 0 Å². The molecule has 4 aromatic rings. The predicted octanol–water partition coefficient (Wildman–Crippen LogP) is 4.37. The van der Waals surface area contributed by atoms with Crippen molar-refractivity contribution >= 4 is 11.4 Å². The molecular formula is C27H25N5O4. The topological polar surface area (TPSA) is 101 Å². The average molecular weight is 484 g/mol. The van der Waals surface area contributed by atoms with E-state index in [-0.39, 0.29) is 11.2 Å². The number of aromatic nitrogens is 5. The maximum atomic E-state index is 13.6. The molecule has 0 saturated heterocycles. The summed E-state index contributed by atoms with van der Waals surface area (Å²) in [6.45, 7) is 4.15. The van der Waals surface area contributed by atoms with E-state index in [1.165, 1.54) is 0 Å². The smallest absolute Gasteiger partial charge is 0.228 e. The van der Waals surface area contributed by atoms with E-state index in [2.05, 4.69) is 28.9 Å². The normalized spacial score (nSPS) is 18.4. The highest BCUT2D eigenvalue weighted by molar-refractivity contribution is 6.00. The van der Waals surface area contributed by atoms with Gasteiger partial charge in [0.1, 0.15) is 17.8 Å². The summed E-state index contributed by atoms with van der Waals surface area (Å²) in [7, 11) is 3.19. The van der Waals surface area contributed by atoms with Crippen LogP contribution in [-0.4, -0.2) is 44.6 Å². The number of pyridine rings is 1. The van der Waals surface area contributed by atoms with Gasteiger partial charge >= 0.3 is 0 Å². The number of methoxy groups -OCH3 is 2. The van der Waals surface area contributed by atoms with Crippen LogP contribution in [0.5, 0.6) is 17.4 Å². The highest BCUT2D eigenvalue weighted by Gasteiger charge is 2.44. The van der Waals surface area contributed by atoms with Crippen molar-refractivity contribution in [1.82, 2.24) is 24.6 Å². The minimum absolute atomic E-state index is 0.0538. The molecule has 0 amide bonds. The number of allylic oxidation sites excluding steroid dienone is 2. The van der Waals surface area contributed by atoms with E-state index in [4.69, 9.17) is 19.2 Å². The van der Waals surface area contributed by atoms with Gasteiger partial charge in [-0.15, -0.1) is 5.10 Å². The van der Waals surface area contributed by atoms with Gasteiger partial charge in [0, 0.05) is 24.6 Å². The van der Waals surface area contributed by atoms with Gasteiger partial charge in [-0.2, -0.15) is 0 Å². The number of nitrogens with zero attached hydrogens (tertiary/aromatic N) is 5. The predicted molar refractivity (Wildman–Crippen MR) is 131 cm³/mol. The maximum Gasteiger partial charge on any atom is 0.228 e. The number of hydrogen-bond acceptors (Lipinski definition) is 8. The highest BCUT2D eigenvalue weighted by atomic mass is 16.5. The van der Waals surface area contributed by atoms with E-state index in [1.807, 2.05) is 36.4 Å². The van der Waals surface area contributed by atoms with Gasteiger partial charge in [-0.05, 0) is 35.2 Å². The number of carbonyl (C=O) groups excluding carboxylic acids is 1. The standard InChI is InChI=1S/C27H25N5O4/c1-27(2)12-17(33)22-20(13-27)36-26-23(21(22)15-8-9-18(34-3)19(11-15)35-4)25-30-24(31-32(25)14-29-26)16-7-5-6-10-28-16/h5-11,14,21H,12-13H2,1-4H3/t21-/m1/s1. The van der Waals surface area contributed by atoms with Gasteiger partial charge in [0.05, 0.1) is 25.7 Å². The number of Topliss-reactive ketones (excluding diaryl/α,β-unsaturated/α-hetero) is 1. The SMILES string of the molecule is COc1ccc([C@@H]2C3=C(CC(C)(C)CC3=O)Oc3ncn4nc(-c5ccccn5)nc4c32)cc1OC. The van der Waals surface area contributed by atoms with Crippen LogP contribution in [-0.2, 0) is 4.79 Å². The van der Waals surface area contributed by atoms with Crippen molar-refractivity contribution in [2.45, 2.75) is 32.6 Å². The lowest BCUT2D eigenvalue weighted by Gasteiger charge is -2.37. The first-order valence-electron chi connectivity index (χ1n) is 11.7. The van der Waals surface area contributed by atoms with Crippen LogP contribution in [0.25, 0.3) is 17.2 Å². The van der Waals surface area contributed by atoms with Gasteiger partial charge in [0.25, 0.3) is 0 Å². The molecule has 0 saturated carbocycles. The molecule has 0 fully saturated rings. The molecule has 182 valence electrons. The zero-order valence-electron chi connectivity index (χ0n) is 20.5. The first kappa shape index (κ1) is 22.2. The van der Waals surface area contributed by atoms with Crippen LogP contribution in [0.15, 0.2) is 60.3 Å². The zero-order chi connectivity index (χ0) is 25.0. The molecule has 3 aromatic heterocycles. The van der Waals surface area contributed by atoms with Crippen molar-refractivity contribution in [3.8, 4) is 28.9 Å². The van der Waals surface area contributed by atoms with Gasteiger partial charge in [-0.25, -0.2) is 14.5 Å². The average Bonchev–Trinajstić information content (AvgIpc) is 3.31. The molecule has 9 heteroatoms. The lowest BCUT2D eigenvalue weighted by molar-refractivity contribution is -0.118. The molecule has 1 aromatic carbocycles. The van der Waals surface area contributed by atoms with Crippen molar-refractivity contribution in [3.05, 3.63) is 71.4 Å². The minimum Gasteiger partial charge on any atom is -0.493 e. The Balaban J connectivity index is 1.61. The number of fused-ring (bicyclic) bond motifs is 3. The Hall–Kier alpha value is -4.27. The molecule has 0 unspecified atom stereocenters. The summed E-state index contributed by atoms with van der Waals surface area (Å²) in [5, 5.41) is 4.61. The van der Waals surface area contributed by atoms with Gasteiger partial charge < -0.3 is 14.2 Å². The lowest BCUT2D eigenvalue weighted by Crippen LogP contribution is -2.33. The Labute approximate surface area is 207 Å². The zero-order valence-corrected chi connectivity index (χ0v) is 20.5. The van der Waals surface area contributed by atoms with E-state index in [0.717, 1.165) is 5.56 Å². The molecule has 4 heterocycles. The van der Waals surface area contributed by atoms with Gasteiger partial charge in [0.15, 0.2) is 22.9 Å². The summed E-state index contributed by atoms with van der Waals surface area (Å²) >= 11 is 0. The van der Waals surface area contributed by atoms with Crippen molar-refractivity contribution < 1.29 is 19.0 Å². The molecule has 1 aliphatic heterocycles. The monoisotopic (exact) mass is 483 g/mol. The Bertz CT molecular complexity index is 1540. The fraction of sp³-hybridized carbons (Fsp3) is 0.296. The molecule has 0 radical (unpaired) electrons. The minimum atomic E-state index is -0.455.